The summed E-state index contributed by atoms with van der Waals surface area (Å²) < 4.78 is 54.5. The molecule has 0 bridgehead atoms. The van der Waals surface area contributed by atoms with E-state index in [0.717, 1.165) is 24.3 Å². The number of allylic oxidation sites excluding steroid dienone is 1. The van der Waals surface area contributed by atoms with Gasteiger partial charge < -0.3 is 5.32 Å². The summed E-state index contributed by atoms with van der Waals surface area (Å²) in [5.74, 6) is -1.63. The molecule has 2 aromatic rings. The zero-order valence-corrected chi connectivity index (χ0v) is 18.0. The normalized spacial score (nSPS) is 14.0. The number of ketones is 2. The Morgan fingerprint density at radius 3 is 1.96 bits per heavy atom. The van der Waals surface area contributed by atoms with Gasteiger partial charge in [-0.05, 0) is 42.5 Å². The molecule has 2 aromatic carbocycles. The van der Waals surface area contributed by atoms with Crippen LogP contribution in [0.5, 0.6) is 0 Å². The van der Waals surface area contributed by atoms with Crippen LogP contribution in [0.4, 0.5) is 5.69 Å². The molecule has 0 saturated carbocycles. The fourth-order valence-electron chi connectivity index (χ4n) is 2.50. The maximum Gasteiger partial charge on any atom is 0.294 e. The van der Waals surface area contributed by atoms with Crippen LogP contribution in [0, 0.1) is 0 Å². The number of rotatable bonds is 4. The number of sulfonamides is 1. The van der Waals surface area contributed by atoms with Crippen molar-refractivity contribution >= 4 is 72.6 Å². The van der Waals surface area contributed by atoms with Gasteiger partial charge in [-0.1, -0.05) is 0 Å². The van der Waals surface area contributed by atoms with Gasteiger partial charge >= 0.3 is 0 Å². The van der Waals surface area contributed by atoms with E-state index in [0.29, 0.717) is 5.69 Å². The Morgan fingerprint density at radius 2 is 1.43 bits per heavy atom. The molecule has 1 radical (unpaired) electrons. The number of fused-ring (bicyclic) bond motifs is 1. The number of hydrogen-bond acceptors (Lipinski definition) is 7. The van der Waals surface area contributed by atoms with Crippen LogP contribution in [0.25, 0.3) is 5.70 Å². The molecule has 3 rings (SSSR count). The van der Waals surface area contributed by atoms with Crippen LogP contribution in [0.15, 0.2) is 58.3 Å². The molecule has 141 valence electrons. The van der Waals surface area contributed by atoms with Gasteiger partial charge in [0.2, 0.25) is 21.6 Å². The molecule has 0 saturated heterocycles. The first-order valence-electron chi connectivity index (χ1n) is 7.29. The number of nitrogens with one attached hydrogen (secondary N) is 1. The van der Waals surface area contributed by atoms with Gasteiger partial charge in [-0.15, -0.1) is 0 Å². The van der Waals surface area contributed by atoms with Gasteiger partial charge in [-0.3, -0.25) is 14.1 Å². The molecule has 0 spiro atoms. The van der Waals surface area contributed by atoms with E-state index in [-0.39, 0.29) is 51.3 Å². The largest absolute Gasteiger partial charge is 0.355 e. The second-order valence-corrected chi connectivity index (χ2v) is 8.61. The van der Waals surface area contributed by atoms with E-state index in [1.807, 2.05) is 0 Å². The van der Waals surface area contributed by atoms with E-state index in [2.05, 4.69) is 5.32 Å². The van der Waals surface area contributed by atoms with Gasteiger partial charge in [0.15, 0.2) is 0 Å². The zero-order valence-electron chi connectivity index (χ0n) is 14.4. The van der Waals surface area contributed by atoms with E-state index in [1.54, 1.807) is 0 Å². The Balaban J connectivity index is 0.00000280. The Kier molecular flexibility index (Phi) is 6.31. The molecule has 0 heterocycles. The first kappa shape index (κ1) is 22.4. The van der Waals surface area contributed by atoms with Crippen LogP contribution in [0.2, 0.25) is 0 Å². The van der Waals surface area contributed by atoms with E-state index in [9.17, 15) is 31.0 Å². The Hall–Kier alpha value is -1.86. The number of hydrogen-bond donors (Lipinski definition) is 3. The third-order valence-electron chi connectivity index (χ3n) is 3.78. The topological polar surface area (TPSA) is 161 Å². The average Bonchev–Trinajstić information content (AvgIpc) is 2.58. The molecule has 0 unspecified atom stereocenters. The number of carbonyl (C=O) groups is 2. The van der Waals surface area contributed by atoms with Crippen LogP contribution in [0.1, 0.15) is 15.9 Å². The Labute approximate surface area is 182 Å². The first-order chi connectivity index (χ1) is 12.5. The summed E-state index contributed by atoms with van der Waals surface area (Å²) in [6.07, 6.45) is 0.992. The standard InChI is InChI=1S/C16H12N2O7S2.Na/c17-26(21,22)10-3-1-9(2-4-10)18-14-8-15(19)16(20)12-6-5-11(7-13(12)14)27(23,24)25;/h1-8,18H,(H2,17,21,22)(H,23,24,25);. The van der Waals surface area contributed by atoms with Crippen molar-refractivity contribution in [2.45, 2.75) is 9.79 Å². The minimum absolute atomic E-state index is 0. The van der Waals surface area contributed by atoms with Gasteiger partial charge in [-0.25, -0.2) is 13.6 Å². The summed E-state index contributed by atoms with van der Waals surface area (Å²) in [6, 6.07) is 8.46. The van der Waals surface area contributed by atoms with Crippen molar-refractivity contribution in [3.05, 3.63) is 59.7 Å². The third-order valence-corrected chi connectivity index (χ3v) is 5.56. The summed E-state index contributed by atoms with van der Waals surface area (Å²) in [5, 5.41) is 7.84. The molecular weight excluding hydrogens is 419 g/mol. The molecule has 28 heavy (non-hydrogen) atoms. The second kappa shape index (κ2) is 7.87. The van der Waals surface area contributed by atoms with Crippen LogP contribution < -0.4 is 10.5 Å². The quantitative estimate of drug-likeness (QED) is 0.356. The fraction of sp³-hybridized carbons (Fsp3) is 0. The average molecular weight is 431 g/mol. The Morgan fingerprint density at radius 1 is 0.857 bits per heavy atom. The van der Waals surface area contributed by atoms with Gasteiger partial charge in [0.1, 0.15) is 0 Å². The maximum atomic E-state index is 12.0. The number of nitrogens with two attached hydrogens (primary N) is 1. The van der Waals surface area contributed by atoms with E-state index >= 15 is 0 Å². The monoisotopic (exact) mass is 431 g/mol. The van der Waals surface area contributed by atoms with Gasteiger partial charge in [0.25, 0.3) is 10.1 Å². The van der Waals surface area contributed by atoms with Crippen LogP contribution >= 0.6 is 0 Å². The number of Topliss-reactive ketones (excluding diaryl/α,β-unsaturated/α-hetero) is 1. The first-order valence-corrected chi connectivity index (χ1v) is 10.3. The minimum Gasteiger partial charge on any atom is -0.355 e. The summed E-state index contributed by atoms with van der Waals surface area (Å²) in [6.45, 7) is 0. The molecular formula is C16H12N2NaO7S2. The van der Waals surface area contributed by atoms with Gasteiger partial charge in [0.05, 0.1) is 15.5 Å². The molecule has 12 heteroatoms. The molecule has 0 fully saturated rings. The third kappa shape index (κ3) is 4.58. The van der Waals surface area contributed by atoms with Crippen molar-refractivity contribution in [3.8, 4) is 0 Å². The van der Waals surface area contributed by atoms with Crippen molar-refractivity contribution in [2.24, 2.45) is 5.14 Å². The zero-order chi connectivity index (χ0) is 20.0. The number of benzene rings is 2. The fourth-order valence-corrected chi connectivity index (χ4v) is 3.52. The molecule has 9 nitrogen and oxygen atoms in total. The van der Waals surface area contributed by atoms with Crippen LogP contribution in [-0.2, 0) is 24.9 Å². The van der Waals surface area contributed by atoms with Crippen molar-refractivity contribution in [2.75, 3.05) is 5.32 Å². The summed E-state index contributed by atoms with van der Waals surface area (Å²) >= 11 is 0. The van der Waals surface area contributed by atoms with E-state index < -0.39 is 36.6 Å². The molecule has 1 aliphatic carbocycles. The van der Waals surface area contributed by atoms with Crippen molar-refractivity contribution in [1.29, 1.82) is 0 Å². The Bertz CT molecular complexity index is 1220. The minimum atomic E-state index is -4.52. The predicted octanol–water partition coefficient (Wildman–Crippen LogP) is 0.418. The predicted molar refractivity (Wildman–Crippen MR) is 101 cm³/mol. The molecule has 1 aliphatic rings. The number of carbonyl (C=O) groups excluding carboxylic acids is 2. The summed E-state index contributed by atoms with van der Waals surface area (Å²) in [5.41, 5.74) is 0.547. The maximum absolute atomic E-state index is 12.0. The van der Waals surface area contributed by atoms with Gasteiger partial charge in [-0.2, -0.15) is 8.42 Å². The molecule has 4 N–H and O–H groups in total. The number of anilines is 1. The molecule has 0 amide bonds. The van der Waals surface area contributed by atoms with Crippen LogP contribution in [-0.4, -0.2) is 62.5 Å². The van der Waals surface area contributed by atoms with Crippen LogP contribution in [0.3, 0.4) is 0 Å². The summed E-state index contributed by atoms with van der Waals surface area (Å²) in [4.78, 5) is 23.3. The molecule has 0 aromatic heterocycles. The van der Waals surface area contributed by atoms with Crippen molar-refractivity contribution in [3.63, 3.8) is 0 Å². The van der Waals surface area contributed by atoms with E-state index in [1.165, 1.54) is 24.3 Å². The van der Waals surface area contributed by atoms with Crippen molar-refractivity contribution in [1.82, 2.24) is 0 Å². The number of primary sulfonamides is 1. The smallest absolute Gasteiger partial charge is 0.294 e. The summed E-state index contributed by atoms with van der Waals surface area (Å²) in [7, 11) is -8.39. The van der Waals surface area contributed by atoms with Gasteiger partial charge in [0, 0.05) is 52.4 Å². The van der Waals surface area contributed by atoms with Crippen molar-refractivity contribution < 1.29 is 31.0 Å². The molecule has 0 aliphatic heterocycles. The molecule has 0 atom stereocenters. The second-order valence-electron chi connectivity index (χ2n) is 5.63. The van der Waals surface area contributed by atoms with E-state index in [4.69, 9.17) is 5.14 Å². The SMILES string of the molecule is NS(=O)(=O)c1ccc(NC2=CC(=O)C(=O)c3ccc(S(=O)(=O)O)cc32)cc1.[Na].